The average Bonchev–Trinajstić information content (AvgIpc) is 2.90. The lowest BCUT2D eigenvalue weighted by atomic mass is 9.99. The van der Waals surface area contributed by atoms with E-state index in [1.165, 1.54) is 17.8 Å². The largest absolute Gasteiger partial charge is 0.317 e. The van der Waals surface area contributed by atoms with Crippen LogP contribution in [0.3, 0.4) is 0 Å². The highest BCUT2D eigenvalue weighted by Gasteiger charge is 2.18. The number of aromatic nitrogens is 2. The van der Waals surface area contributed by atoms with Gasteiger partial charge in [-0.2, -0.15) is 0 Å². The highest BCUT2D eigenvalue weighted by Crippen LogP contribution is 2.30. The molecule has 1 fully saturated rings. The smallest absolute Gasteiger partial charge is 0.0964 e. The van der Waals surface area contributed by atoms with E-state index in [0.29, 0.717) is 5.92 Å². The standard InChI is InChI=1S/C13H15N3S/c1-5-14-6-2-10(1)12-9-17-13(16-12)11-3-7-15-8-4-11/h1-2,5-6,9,11,15H,3-4,7-8H2. The fourth-order valence-corrected chi connectivity index (χ4v) is 3.20. The molecule has 0 bridgehead atoms. The van der Waals surface area contributed by atoms with Crippen molar-refractivity contribution in [3.8, 4) is 11.3 Å². The van der Waals surface area contributed by atoms with Gasteiger partial charge in [0, 0.05) is 29.3 Å². The quantitative estimate of drug-likeness (QED) is 0.884. The molecule has 0 spiro atoms. The van der Waals surface area contributed by atoms with Crippen molar-refractivity contribution in [2.24, 2.45) is 0 Å². The van der Waals surface area contributed by atoms with E-state index in [1.54, 1.807) is 11.3 Å². The number of nitrogens with one attached hydrogen (secondary N) is 1. The third-order valence-electron chi connectivity index (χ3n) is 3.19. The van der Waals surface area contributed by atoms with Crippen molar-refractivity contribution >= 4 is 11.3 Å². The van der Waals surface area contributed by atoms with Crippen LogP contribution in [0, 0.1) is 0 Å². The second-order valence-electron chi connectivity index (χ2n) is 4.33. The molecule has 4 heteroatoms. The van der Waals surface area contributed by atoms with Crippen LogP contribution in [0.15, 0.2) is 29.9 Å². The predicted octanol–water partition coefficient (Wildman–Crippen LogP) is 2.67. The molecule has 3 nitrogen and oxygen atoms in total. The minimum atomic E-state index is 0.650. The van der Waals surface area contributed by atoms with Gasteiger partial charge in [0.25, 0.3) is 0 Å². The van der Waals surface area contributed by atoms with Crippen molar-refractivity contribution in [2.45, 2.75) is 18.8 Å². The Hall–Kier alpha value is -1.26. The molecule has 3 rings (SSSR count). The SMILES string of the molecule is c1cc(-c2csc(C3CCNCC3)n2)ccn1. The molecule has 3 heterocycles. The van der Waals surface area contributed by atoms with Gasteiger partial charge >= 0.3 is 0 Å². The van der Waals surface area contributed by atoms with E-state index in [9.17, 15) is 0 Å². The lowest BCUT2D eigenvalue weighted by Crippen LogP contribution is -2.26. The van der Waals surface area contributed by atoms with Crippen molar-refractivity contribution in [3.05, 3.63) is 34.9 Å². The molecular weight excluding hydrogens is 230 g/mol. The fraction of sp³-hybridized carbons (Fsp3) is 0.385. The summed E-state index contributed by atoms with van der Waals surface area (Å²) in [7, 11) is 0. The Morgan fingerprint density at radius 1 is 1.18 bits per heavy atom. The summed E-state index contributed by atoms with van der Waals surface area (Å²) in [5.74, 6) is 0.650. The van der Waals surface area contributed by atoms with Gasteiger partial charge in [0.2, 0.25) is 0 Å². The summed E-state index contributed by atoms with van der Waals surface area (Å²) in [4.78, 5) is 8.80. The Balaban J connectivity index is 1.83. The first kappa shape index (κ1) is 10.9. The van der Waals surface area contributed by atoms with Crippen LogP contribution in [-0.2, 0) is 0 Å². The molecule has 1 aliphatic heterocycles. The third-order valence-corrected chi connectivity index (χ3v) is 4.19. The summed E-state index contributed by atoms with van der Waals surface area (Å²) in [6, 6.07) is 4.03. The predicted molar refractivity (Wildman–Crippen MR) is 70.2 cm³/mol. The molecular formula is C13H15N3S. The second-order valence-corrected chi connectivity index (χ2v) is 5.22. The maximum Gasteiger partial charge on any atom is 0.0964 e. The zero-order chi connectivity index (χ0) is 11.5. The van der Waals surface area contributed by atoms with Gasteiger partial charge < -0.3 is 5.32 Å². The average molecular weight is 245 g/mol. The second kappa shape index (κ2) is 4.94. The van der Waals surface area contributed by atoms with Crippen LogP contribution in [-0.4, -0.2) is 23.1 Å². The molecule has 2 aromatic rings. The van der Waals surface area contributed by atoms with E-state index in [1.807, 2.05) is 24.5 Å². The van der Waals surface area contributed by atoms with E-state index in [0.717, 1.165) is 24.3 Å². The van der Waals surface area contributed by atoms with E-state index in [2.05, 4.69) is 15.7 Å². The molecule has 17 heavy (non-hydrogen) atoms. The Morgan fingerprint density at radius 3 is 2.71 bits per heavy atom. The van der Waals surface area contributed by atoms with Gasteiger partial charge in [-0.15, -0.1) is 11.3 Å². The Morgan fingerprint density at radius 2 is 1.94 bits per heavy atom. The van der Waals surface area contributed by atoms with Gasteiger partial charge in [-0.1, -0.05) is 0 Å². The summed E-state index contributed by atoms with van der Waals surface area (Å²) in [5.41, 5.74) is 2.25. The summed E-state index contributed by atoms with van der Waals surface area (Å²) in [6.07, 6.45) is 6.06. The van der Waals surface area contributed by atoms with Crippen LogP contribution in [0.4, 0.5) is 0 Å². The topological polar surface area (TPSA) is 37.8 Å². The van der Waals surface area contributed by atoms with Crippen LogP contribution < -0.4 is 5.32 Å². The lowest BCUT2D eigenvalue weighted by Gasteiger charge is -2.20. The summed E-state index contributed by atoms with van der Waals surface area (Å²) < 4.78 is 0. The van der Waals surface area contributed by atoms with Crippen molar-refractivity contribution in [3.63, 3.8) is 0 Å². The number of thiazole rings is 1. The molecule has 2 aromatic heterocycles. The van der Waals surface area contributed by atoms with Crippen LogP contribution in [0.25, 0.3) is 11.3 Å². The minimum absolute atomic E-state index is 0.650. The van der Waals surface area contributed by atoms with E-state index >= 15 is 0 Å². The minimum Gasteiger partial charge on any atom is -0.317 e. The Labute approximate surface area is 105 Å². The number of hydrogen-bond acceptors (Lipinski definition) is 4. The van der Waals surface area contributed by atoms with Crippen LogP contribution >= 0.6 is 11.3 Å². The van der Waals surface area contributed by atoms with E-state index in [-0.39, 0.29) is 0 Å². The molecule has 0 amide bonds. The maximum absolute atomic E-state index is 4.77. The van der Waals surface area contributed by atoms with Gasteiger partial charge in [-0.3, -0.25) is 4.98 Å². The molecule has 0 aromatic carbocycles. The molecule has 1 saturated heterocycles. The summed E-state index contributed by atoms with van der Waals surface area (Å²) in [5, 5.41) is 6.84. The molecule has 0 radical (unpaired) electrons. The Bertz CT molecular complexity index is 474. The molecule has 1 aliphatic rings. The van der Waals surface area contributed by atoms with Crippen molar-refractivity contribution in [1.82, 2.24) is 15.3 Å². The van der Waals surface area contributed by atoms with Crippen LogP contribution in [0.1, 0.15) is 23.8 Å². The van der Waals surface area contributed by atoms with Gasteiger partial charge in [0.05, 0.1) is 10.7 Å². The van der Waals surface area contributed by atoms with Gasteiger partial charge in [-0.25, -0.2) is 4.98 Å². The van der Waals surface area contributed by atoms with Gasteiger partial charge in [0.15, 0.2) is 0 Å². The number of piperidine rings is 1. The van der Waals surface area contributed by atoms with Gasteiger partial charge in [-0.05, 0) is 38.1 Å². The number of rotatable bonds is 2. The maximum atomic E-state index is 4.77. The molecule has 1 N–H and O–H groups in total. The van der Waals surface area contributed by atoms with E-state index < -0.39 is 0 Å². The molecule has 0 saturated carbocycles. The third kappa shape index (κ3) is 2.37. The van der Waals surface area contributed by atoms with Gasteiger partial charge in [0.1, 0.15) is 0 Å². The molecule has 88 valence electrons. The highest BCUT2D eigenvalue weighted by atomic mass is 32.1. The summed E-state index contributed by atoms with van der Waals surface area (Å²) >= 11 is 1.79. The summed E-state index contributed by atoms with van der Waals surface area (Å²) in [6.45, 7) is 2.24. The normalized spacial score (nSPS) is 17.2. The highest BCUT2D eigenvalue weighted by molar-refractivity contribution is 7.10. The first-order chi connectivity index (χ1) is 8.43. The number of hydrogen-bond donors (Lipinski definition) is 1. The molecule has 0 aliphatic carbocycles. The monoisotopic (exact) mass is 245 g/mol. The molecule has 0 unspecified atom stereocenters. The lowest BCUT2D eigenvalue weighted by molar-refractivity contribution is 0.459. The zero-order valence-electron chi connectivity index (χ0n) is 9.60. The zero-order valence-corrected chi connectivity index (χ0v) is 10.4. The van der Waals surface area contributed by atoms with Crippen molar-refractivity contribution in [2.75, 3.05) is 13.1 Å². The van der Waals surface area contributed by atoms with E-state index in [4.69, 9.17) is 4.98 Å². The van der Waals surface area contributed by atoms with Crippen molar-refractivity contribution in [1.29, 1.82) is 0 Å². The fourth-order valence-electron chi connectivity index (χ4n) is 2.20. The number of pyridine rings is 1. The van der Waals surface area contributed by atoms with Crippen LogP contribution in [0.5, 0.6) is 0 Å². The molecule has 0 atom stereocenters. The first-order valence-electron chi connectivity index (χ1n) is 6.00. The Kier molecular flexibility index (Phi) is 3.16. The van der Waals surface area contributed by atoms with Crippen molar-refractivity contribution < 1.29 is 0 Å². The first-order valence-corrected chi connectivity index (χ1v) is 6.88. The van der Waals surface area contributed by atoms with Crippen LogP contribution in [0.2, 0.25) is 0 Å². The number of nitrogens with zero attached hydrogens (tertiary/aromatic N) is 2.